The van der Waals surface area contributed by atoms with Gasteiger partial charge in [0.1, 0.15) is 0 Å². The van der Waals surface area contributed by atoms with Gasteiger partial charge in [-0.05, 0) is 52.9 Å². The summed E-state index contributed by atoms with van der Waals surface area (Å²) < 4.78 is 19.3. The molecule has 0 amide bonds. The van der Waals surface area contributed by atoms with E-state index in [1.807, 2.05) is 0 Å². The summed E-state index contributed by atoms with van der Waals surface area (Å²) in [4.78, 5) is 11.2. The summed E-state index contributed by atoms with van der Waals surface area (Å²) in [5, 5.41) is 12.5. The number of nitrogens with one attached hydrogen (secondary N) is 1. The minimum absolute atomic E-state index is 0.185. The number of carbonyl (C=O) groups is 1. The molecule has 0 radical (unpaired) electrons. The van der Waals surface area contributed by atoms with Gasteiger partial charge in [0.25, 0.3) is 0 Å². The summed E-state index contributed by atoms with van der Waals surface area (Å²) in [6.45, 7) is 3.64. The maximum absolute atomic E-state index is 13.8. The van der Waals surface area contributed by atoms with Crippen LogP contribution in [0.1, 0.15) is 34.3 Å². The highest BCUT2D eigenvalue weighted by Gasteiger charge is 2.20. The van der Waals surface area contributed by atoms with Crippen molar-refractivity contribution >= 4 is 21.9 Å². The Kier molecular flexibility index (Phi) is 5.12. The van der Waals surface area contributed by atoms with Crippen LogP contribution in [0.5, 0.6) is 0 Å². The fraction of sp³-hybridized carbons (Fsp3) is 0.500. The highest BCUT2D eigenvalue weighted by molar-refractivity contribution is 9.10. The van der Waals surface area contributed by atoms with Gasteiger partial charge in [-0.15, -0.1) is 0 Å². The molecule has 0 unspecified atom stereocenters. The third kappa shape index (κ3) is 3.37. The van der Waals surface area contributed by atoms with Crippen LogP contribution in [0.25, 0.3) is 0 Å². The predicted octanol–water partition coefficient (Wildman–Crippen LogP) is 2.86. The highest BCUT2D eigenvalue weighted by Crippen LogP contribution is 2.26. The van der Waals surface area contributed by atoms with Crippen molar-refractivity contribution in [2.24, 2.45) is 0 Å². The number of hydrogen-bond acceptors (Lipinski definition) is 3. The van der Waals surface area contributed by atoms with E-state index in [4.69, 9.17) is 9.84 Å². The van der Waals surface area contributed by atoms with Crippen LogP contribution in [-0.4, -0.2) is 30.3 Å². The van der Waals surface area contributed by atoms with Crippen LogP contribution in [0.15, 0.2) is 10.5 Å². The van der Waals surface area contributed by atoms with E-state index in [2.05, 4.69) is 21.2 Å². The molecule has 0 saturated carbocycles. The molecule has 6 heteroatoms. The van der Waals surface area contributed by atoms with E-state index in [1.165, 1.54) is 0 Å². The molecule has 1 fully saturated rings. The first-order valence-electron chi connectivity index (χ1n) is 6.52. The van der Waals surface area contributed by atoms with Crippen LogP contribution in [0, 0.1) is 12.7 Å². The molecular formula is C14H17BrFNO3. The maximum Gasteiger partial charge on any atom is 0.339 e. The normalized spacial score (nSPS) is 16.4. The molecule has 0 aromatic heterocycles. The van der Waals surface area contributed by atoms with Gasteiger partial charge < -0.3 is 15.2 Å². The average Bonchev–Trinajstić information content (AvgIpc) is 2.42. The number of benzene rings is 1. The van der Waals surface area contributed by atoms with Gasteiger partial charge in [-0.2, -0.15) is 0 Å². The molecule has 2 N–H and O–H groups in total. The number of rotatable bonds is 4. The third-order valence-corrected chi connectivity index (χ3v) is 4.18. The third-order valence-electron chi connectivity index (χ3n) is 3.60. The van der Waals surface area contributed by atoms with Crippen LogP contribution in [0.4, 0.5) is 4.39 Å². The van der Waals surface area contributed by atoms with Crippen LogP contribution < -0.4 is 5.32 Å². The predicted molar refractivity (Wildman–Crippen MR) is 76.5 cm³/mol. The minimum Gasteiger partial charge on any atom is -0.478 e. The average molecular weight is 346 g/mol. The van der Waals surface area contributed by atoms with Crippen LogP contribution >= 0.6 is 15.9 Å². The van der Waals surface area contributed by atoms with Gasteiger partial charge in [0.05, 0.1) is 10.0 Å². The molecule has 110 valence electrons. The number of carboxylic acids is 1. The second-order valence-corrected chi connectivity index (χ2v) is 5.76. The second kappa shape index (κ2) is 6.65. The van der Waals surface area contributed by atoms with Crippen molar-refractivity contribution in [3.63, 3.8) is 0 Å². The lowest BCUT2D eigenvalue weighted by Gasteiger charge is -2.24. The number of ether oxygens (including phenoxy) is 1. The highest BCUT2D eigenvalue weighted by atomic mass is 79.9. The van der Waals surface area contributed by atoms with Crippen molar-refractivity contribution in [1.29, 1.82) is 0 Å². The van der Waals surface area contributed by atoms with Gasteiger partial charge in [-0.1, -0.05) is 0 Å². The zero-order valence-electron chi connectivity index (χ0n) is 11.2. The second-order valence-electron chi connectivity index (χ2n) is 4.90. The Labute approximate surface area is 125 Å². The van der Waals surface area contributed by atoms with Crippen molar-refractivity contribution in [3.05, 3.63) is 33.0 Å². The molecule has 0 aliphatic carbocycles. The van der Waals surface area contributed by atoms with Gasteiger partial charge in [0.2, 0.25) is 0 Å². The number of hydrogen-bond donors (Lipinski definition) is 2. The van der Waals surface area contributed by atoms with Gasteiger partial charge in [-0.3, -0.25) is 0 Å². The molecule has 1 aliphatic rings. The molecule has 1 heterocycles. The van der Waals surface area contributed by atoms with Crippen LogP contribution in [-0.2, 0) is 11.3 Å². The fourth-order valence-corrected chi connectivity index (χ4v) is 2.84. The van der Waals surface area contributed by atoms with Crippen molar-refractivity contribution < 1.29 is 19.0 Å². The Hall–Kier alpha value is -0.980. The summed E-state index contributed by atoms with van der Waals surface area (Å²) in [6, 6.07) is 2.00. The molecule has 0 bridgehead atoms. The SMILES string of the molecule is Cc1c(CNC2CCOCC2)cc(Br)c(F)c1C(=O)O. The molecule has 1 saturated heterocycles. The minimum atomic E-state index is -1.24. The lowest BCUT2D eigenvalue weighted by molar-refractivity contribution is 0.0690. The van der Waals surface area contributed by atoms with Crippen LogP contribution in [0.2, 0.25) is 0 Å². The number of carboxylic acid groups (broad SMARTS) is 1. The first-order chi connectivity index (χ1) is 9.50. The molecule has 2 rings (SSSR count). The van der Waals surface area contributed by atoms with E-state index < -0.39 is 11.8 Å². The van der Waals surface area contributed by atoms with Gasteiger partial charge in [-0.25, -0.2) is 9.18 Å². The molecule has 20 heavy (non-hydrogen) atoms. The quantitative estimate of drug-likeness (QED) is 0.880. The first kappa shape index (κ1) is 15.4. The first-order valence-corrected chi connectivity index (χ1v) is 7.32. The zero-order valence-corrected chi connectivity index (χ0v) is 12.8. The summed E-state index contributed by atoms with van der Waals surface area (Å²) >= 11 is 3.08. The van der Waals surface area contributed by atoms with Crippen molar-refractivity contribution in [1.82, 2.24) is 5.32 Å². The Bertz CT molecular complexity index is 516. The van der Waals surface area contributed by atoms with Crippen molar-refractivity contribution in [2.45, 2.75) is 32.4 Å². The van der Waals surface area contributed by atoms with E-state index in [9.17, 15) is 9.18 Å². The lowest BCUT2D eigenvalue weighted by Crippen LogP contribution is -2.34. The molecular weight excluding hydrogens is 329 g/mol. The van der Waals surface area contributed by atoms with Gasteiger partial charge in [0.15, 0.2) is 5.82 Å². The largest absolute Gasteiger partial charge is 0.478 e. The van der Waals surface area contributed by atoms with E-state index >= 15 is 0 Å². The summed E-state index contributed by atoms with van der Waals surface area (Å²) in [5.41, 5.74) is 1.00. The molecule has 1 aromatic rings. The lowest BCUT2D eigenvalue weighted by atomic mass is 10.0. The van der Waals surface area contributed by atoms with Crippen molar-refractivity contribution in [2.75, 3.05) is 13.2 Å². The summed E-state index contributed by atoms with van der Waals surface area (Å²) in [5.74, 6) is -1.96. The van der Waals surface area contributed by atoms with E-state index in [1.54, 1.807) is 13.0 Å². The Morgan fingerprint density at radius 3 is 2.80 bits per heavy atom. The van der Waals surface area contributed by atoms with Gasteiger partial charge in [0, 0.05) is 25.8 Å². The summed E-state index contributed by atoms with van der Waals surface area (Å²) in [7, 11) is 0. The maximum atomic E-state index is 13.8. The van der Waals surface area contributed by atoms with Crippen LogP contribution in [0.3, 0.4) is 0 Å². The van der Waals surface area contributed by atoms with E-state index in [0.717, 1.165) is 31.6 Å². The van der Waals surface area contributed by atoms with E-state index in [0.29, 0.717) is 18.2 Å². The molecule has 0 atom stereocenters. The standard InChI is InChI=1S/C14H17BrFNO3/c1-8-9(7-17-10-2-4-20-5-3-10)6-11(15)13(16)12(8)14(18)19/h6,10,17H,2-5,7H2,1H3,(H,18,19). The molecule has 0 spiro atoms. The Morgan fingerprint density at radius 1 is 1.55 bits per heavy atom. The number of aromatic carboxylic acids is 1. The van der Waals surface area contributed by atoms with E-state index in [-0.39, 0.29) is 10.0 Å². The smallest absolute Gasteiger partial charge is 0.339 e. The van der Waals surface area contributed by atoms with Gasteiger partial charge >= 0.3 is 5.97 Å². The monoisotopic (exact) mass is 345 g/mol. The zero-order chi connectivity index (χ0) is 14.7. The Morgan fingerprint density at radius 2 is 2.20 bits per heavy atom. The van der Waals surface area contributed by atoms with Crippen molar-refractivity contribution in [3.8, 4) is 0 Å². The molecule has 4 nitrogen and oxygen atoms in total. The Balaban J connectivity index is 2.17. The fourth-order valence-electron chi connectivity index (χ4n) is 2.36. The number of halogens is 2. The molecule has 1 aromatic carbocycles. The topological polar surface area (TPSA) is 58.6 Å². The molecule has 1 aliphatic heterocycles. The summed E-state index contributed by atoms with van der Waals surface area (Å²) in [6.07, 6.45) is 1.88.